The van der Waals surface area contributed by atoms with Crippen LogP contribution in [0, 0.1) is 4.91 Å². The van der Waals surface area contributed by atoms with Crippen LogP contribution in [0.2, 0.25) is 0 Å². The van der Waals surface area contributed by atoms with Crippen molar-refractivity contribution in [2.45, 2.75) is 6.92 Å². The van der Waals surface area contributed by atoms with Gasteiger partial charge in [-0.1, -0.05) is 28.1 Å². The van der Waals surface area contributed by atoms with Crippen LogP contribution in [0.4, 0.5) is 0 Å². The van der Waals surface area contributed by atoms with Gasteiger partial charge in [0, 0.05) is 4.47 Å². The molecule has 0 spiro atoms. The Hall–Kier alpha value is -0.960. The zero-order valence-corrected chi connectivity index (χ0v) is 8.21. The highest BCUT2D eigenvalue weighted by atomic mass is 79.9. The average molecular weight is 226 g/mol. The van der Waals surface area contributed by atoms with E-state index < -0.39 is 0 Å². The molecule has 1 rings (SSSR count). The van der Waals surface area contributed by atoms with Gasteiger partial charge in [-0.3, -0.25) is 0 Å². The Morgan fingerprint density at radius 2 is 2.00 bits per heavy atom. The summed E-state index contributed by atoms with van der Waals surface area (Å²) in [5.41, 5.74) is 1.47. The first-order valence-corrected chi connectivity index (χ1v) is 4.29. The van der Waals surface area contributed by atoms with Crippen molar-refractivity contribution in [1.82, 2.24) is 0 Å². The molecule has 1 aromatic rings. The molecule has 1 aromatic carbocycles. The lowest BCUT2D eigenvalue weighted by Crippen LogP contribution is -1.72. The van der Waals surface area contributed by atoms with Crippen LogP contribution >= 0.6 is 15.9 Å². The van der Waals surface area contributed by atoms with Crippen LogP contribution in [0.3, 0.4) is 0 Å². The van der Waals surface area contributed by atoms with Crippen molar-refractivity contribution < 1.29 is 0 Å². The van der Waals surface area contributed by atoms with Gasteiger partial charge >= 0.3 is 0 Å². The number of hydrogen-bond donors (Lipinski definition) is 0. The zero-order chi connectivity index (χ0) is 8.97. The summed E-state index contributed by atoms with van der Waals surface area (Å²) in [6.45, 7) is 1.68. The second-order valence-corrected chi connectivity index (χ2v) is 3.34. The second-order valence-electron chi connectivity index (χ2n) is 2.43. The lowest BCUT2D eigenvalue weighted by molar-refractivity contribution is 1.31. The molecule has 0 fully saturated rings. The number of rotatable bonds is 2. The number of benzene rings is 1. The van der Waals surface area contributed by atoms with Gasteiger partial charge in [-0.25, -0.2) is 0 Å². The van der Waals surface area contributed by atoms with Crippen molar-refractivity contribution >= 4 is 22.0 Å². The van der Waals surface area contributed by atoms with Gasteiger partial charge in [0.1, 0.15) is 0 Å². The molecule has 3 heteroatoms. The lowest BCUT2D eigenvalue weighted by Gasteiger charge is -1.93. The molecule has 0 heterocycles. The molecule has 0 amide bonds. The summed E-state index contributed by atoms with van der Waals surface area (Å²) in [4.78, 5) is 10.0. The Kier molecular flexibility index (Phi) is 3.17. The van der Waals surface area contributed by atoms with Crippen molar-refractivity contribution in [1.29, 1.82) is 0 Å². The van der Waals surface area contributed by atoms with Crippen molar-refractivity contribution in [3.05, 3.63) is 44.9 Å². The first kappa shape index (κ1) is 9.13. The van der Waals surface area contributed by atoms with Crippen LogP contribution in [0.15, 0.2) is 39.6 Å². The Balaban J connectivity index is 2.91. The summed E-state index contributed by atoms with van der Waals surface area (Å²) in [5.74, 6) is 0. The molecular formula is C9H8BrNO. The van der Waals surface area contributed by atoms with Crippen molar-refractivity contribution in [3.8, 4) is 0 Å². The Labute approximate surface area is 79.4 Å². The molecule has 0 aliphatic carbocycles. The van der Waals surface area contributed by atoms with Gasteiger partial charge in [-0.05, 0) is 35.9 Å². The second kappa shape index (κ2) is 4.16. The van der Waals surface area contributed by atoms with E-state index in [0.717, 1.165) is 10.0 Å². The van der Waals surface area contributed by atoms with Crippen molar-refractivity contribution in [2.24, 2.45) is 5.18 Å². The fraction of sp³-hybridized carbons (Fsp3) is 0.111. The van der Waals surface area contributed by atoms with E-state index in [2.05, 4.69) is 21.1 Å². The highest BCUT2D eigenvalue weighted by Crippen LogP contribution is 2.13. The number of halogens is 1. The Bertz CT molecular complexity index is 303. The molecule has 0 atom stereocenters. The van der Waals surface area contributed by atoms with E-state index in [4.69, 9.17) is 0 Å². The van der Waals surface area contributed by atoms with E-state index in [1.54, 1.807) is 13.0 Å². The third kappa shape index (κ3) is 2.58. The maximum absolute atomic E-state index is 10.0. The maximum Gasteiger partial charge on any atom is 0.0824 e. The van der Waals surface area contributed by atoms with Crippen LogP contribution in [0.25, 0.3) is 6.08 Å². The number of hydrogen-bond acceptors (Lipinski definition) is 2. The first-order valence-electron chi connectivity index (χ1n) is 3.49. The normalized spacial score (nSPS) is 11.3. The highest BCUT2D eigenvalue weighted by Gasteiger charge is 1.90. The van der Waals surface area contributed by atoms with Crippen LogP contribution in [-0.4, -0.2) is 0 Å². The van der Waals surface area contributed by atoms with E-state index in [0.29, 0.717) is 5.70 Å². The minimum Gasteiger partial charge on any atom is -0.145 e. The largest absolute Gasteiger partial charge is 0.145 e. The number of nitroso groups, excluding NO2 is 1. The molecule has 0 bridgehead atoms. The third-order valence-electron chi connectivity index (χ3n) is 1.39. The van der Waals surface area contributed by atoms with Gasteiger partial charge in [0.15, 0.2) is 0 Å². The van der Waals surface area contributed by atoms with Gasteiger partial charge < -0.3 is 0 Å². The highest BCUT2D eigenvalue weighted by molar-refractivity contribution is 9.10. The predicted octanol–water partition coefficient (Wildman–Crippen LogP) is 3.58. The Morgan fingerprint density at radius 3 is 2.50 bits per heavy atom. The minimum absolute atomic E-state index is 0.484. The summed E-state index contributed by atoms with van der Waals surface area (Å²) in [6.07, 6.45) is 1.74. The molecule has 2 nitrogen and oxygen atoms in total. The topological polar surface area (TPSA) is 29.4 Å². The van der Waals surface area contributed by atoms with Crippen LogP contribution in [-0.2, 0) is 0 Å². The number of allylic oxidation sites excluding steroid dienone is 1. The first-order chi connectivity index (χ1) is 5.72. The molecule has 0 saturated carbocycles. The van der Waals surface area contributed by atoms with E-state index in [9.17, 15) is 4.91 Å². The standard InChI is InChI=1S/C9H8BrNO/c1-7(11-12)6-8-2-4-9(10)5-3-8/h2-6H,1H3. The summed E-state index contributed by atoms with van der Waals surface area (Å²) in [5, 5.41) is 2.81. The van der Waals surface area contributed by atoms with Gasteiger partial charge in [0.25, 0.3) is 0 Å². The molecule has 62 valence electrons. The van der Waals surface area contributed by atoms with Crippen LogP contribution in [0.5, 0.6) is 0 Å². The summed E-state index contributed by atoms with van der Waals surface area (Å²) >= 11 is 3.32. The number of nitrogens with zero attached hydrogens (tertiary/aromatic N) is 1. The van der Waals surface area contributed by atoms with Crippen molar-refractivity contribution in [3.63, 3.8) is 0 Å². The summed E-state index contributed by atoms with van der Waals surface area (Å²) < 4.78 is 1.02. The fourth-order valence-electron chi connectivity index (χ4n) is 0.827. The molecule has 0 radical (unpaired) electrons. The molecule has 12 heavy (non-hydrogen) atoms. The van der Waals surface area contributed by atoms with E-state index in [-0.39, 0.29) is 0 Å². The quantitative estimate of drug-likeness (QED) is 0.708. The molecule has 0 aromatic heterocycles. The lowest BCUT2D eigenvalue weighted by atomic mass is 10.2. The van der Waals surface area contributed by atoms with Gasteiger partial charge in [0.2, 0.25) is 0 Å². The fourth-order valence-corrected chi connectivity index (χ4v) is 1.09. The molecule has 0 unspecified atom stereocenters. The summed E-state index contributed by atoms with van der Waals surface area (Å²) in [6, 6.07) is 7.67. The average Bonchev–Trinajstić information content (AvgIpc) is 2.09. The molecule has 0 aliphatic heterocycles. The van der Waals surface area contributed by atoms with Gasteiger partial charge in [0.05, 0.1) is 5.70 Å². The molecule has 0 aliphatic rings. The zero-order valence-electron chi connectivity index (χ0n) is 6.62. The predicted molar refractivity (Wildman–Crippen MR) is 53.6 cm³/mol. The van der Waals surface area contributed by atoms with Crippen LogP contribution in [0.1, 0.15) is 12.5 Å². The third-order valence-corrected chi connectivity index (χ3v) is 1.92. The van der Waals surface area contributed by atoms with E-state index in [1.165, 1.54) is 0 Å². The monoisotopic (exact) mass is 225 g/mol. The summed E-state index contributed by atoms with van der Waals surface area (Å²) in [7, 11) is 0. The maximum atomic E-state index is 10.0. The molecular weight excluding hydrogens is 218 g/mol. The van der Waals surface area contributed by atoms with Gasteiger partial charge in [-0.2, -0.15) is 0 Å². The SMILES string of the molecule is CC(=Cc1ccc(Br)cc1)N=O. The minimum atomic E-state index is 0.484. The Morgan fingerprint density at radius 1 is 1.42 bits per heavy atom. The smallest absolute Gasteiger partial charge is 0.0824 e. The van der Waals surface area contributed by atoms with E-state index in [1.807, 2.05) is 24.3 Å². The van der Waals surface area contributed by atoms with Crippen LogP contribution < -0.4 is 0 Å². The van der Waals surface area contributed by atoms with E-state index >= 15 is 0 Å². The van der Waals surface area contributed by atoms with Crippen molar-refractivity contribution in [2.75, 3.05) is 0 Å². The molecule has 0 N–H and O–H groups in total. The molecule has 0 saturated heterocycles. The van der Waals surface area contributed by atoms with Gasteiger partial charge in [-0.15, -0.1) is 4.91 Å².